The summed E-state index contributed by atoms with van der Waals surface area (Å²) in [5.74, 6) is 1.000. The lowest BCUT2D eigenvalue weighted by molar-refractivity contribution is 0.848. The van der Waals surface area contributed by atoms with Gasteiger partial charge in [-0.1, -0.05) is 0 Å². The van der Waals surface area contributed by atoms with Crippen LogP contribution >= 0.6 is 11.3 Å². The number of nitrogens with zero attached hydrogens (tertiary/aromatic N) is 3. The summed E-state index contributed by atoms with van der Waals surface area (Å²) in [6, 6.07) is 4.31. The van der Waals surface area contributed by atoms with Crippen LogP contribution in [0, 0.1) is 6.92 Å². The van der Waals surface area contributed by atoms with Crippen molar-refractivity contribution < 1.29 is 0 Å². The molecule has 0 saturated heterocycles. The van der Waals surface area contributed by atoms with E-state index < -0.39 is 0 Å². The molecule has 0 amide bonds. The first-order valence-corrected chi connectivity index (χ1v) is 5.91. The number of likely N-dealkylation sites (N-methyl/N-ethyl adjacent to an activating group) is 1. The van der Waals surface area contributed by atoms with Gasteiger partial charge in [-0.3, -0.25) is 0 Å². The zero-order valence-electron chi connectivity index (χ0n) is 9.40. The van der Waals surface area contributed by atoms with Crippen LogP contribution in [-0.4, -0.2) is 28.8 Å². The van der Waals surface area contributed by atoms with Gasteiger partial charge >= 0.3 is 0 Å². The summed E-state index contributed by atoms with van der Waals surface area (Å²) in [5.41, 5.74) is 5.47. The molecular formula is C10H15N5S. The zero-order chi connectivity index (χ0) is 11.5. The highest BCUT2D eigenvalue weighted by atomic mass is 32.1. The third-order valence-corrected chi connectivity index (χ3v) is 3.38. The monoisotopic (exact) mass is 237 g/mol. The van der Waals surface area contributed by atoms with E-state index in [2.05, 4.69) is 34.2 Å². The Morgan fingerprint density at radius 3 is 2.88 bits per heavy atom. The quantitative estimate of drug-likeness (QED) is 0.844. The van der Waals surface area contributed by atoms with E-state index in [9.17, 15) is 0 Å². The number of H-pyrrole nitrogens is 1. The number of aryl methyl sites for hydroxylation is 1. The molecule has 16 heavy (non-hydrogen) atoms. The Balaban J connectivity index is 1.91. The number of aromatic nitrogens is 3. The average Bonchev–Trinajstić information content (AvgIpc) is 2.84. The zero-order valence-corrected chi connectivity index (χ0v) is 10.2. The van der Waals surface area contributed by atoms with Gasteiger partial charge in [-0.2, -0.15) is 4.98 Å². The minimum absolute atomic E-state index is 0.355. The number of nitrogen functional groups attached to an aromatic ring is 1. The Bertz CT molecular complexity index is 461. The Hall–Kier alpha value is -1.56. The van der Waals surface area contributed by atoms with Crippen molar-refractivity contribution >= 4 is 23.2 Å². The maximum atomic E-state index is 5.47. The molecule has 2 rings (SSSR count). The van der Waals surface area contributed by atoms with Crippen LogP contribution in [0.1, 0.15) is 9.75 Å². The highest BCUT2D eigenvalue weighted by molar-refractivity contribution is 7.11. The van der Waals surface area contributed by atoms with E-state index in [1.54, 1.807) is 0 Å². The molecule has 0 aliphatic heterocycles. The summed E-state index contributed by atoms with van der Waals surface area (Å²) in [5, 5.41) is 6.63. The number of nitrogens with two attached hydrogens (primary N) is 1. The molecule has 6 heteroatoms. The summed E-state index contributed by atoms with van der Waals surface area (Å²) in [6.07, 6.45) is 1.00. The lowest BCUT2D eigenvalue weighted by Crippen LogP contribution is -2.21. The van der Waals surface area contributed by atoms with Crippen LogP contribution in [-0.2, 0) is 6.42 Å². The molecule has 5 nitrogen and oxygen atoms in total. The summed E-state index contributed by atoms with van der Waals surface area (Å²) in [7, 11) is 1.96. The molecule has 2 heterocycles. The minimum Gasteiger partial charge on any atom is -0.368 e. The molecule has 0 aromatic carbocycles. The molecule has 2 aromatic heterocycles. The van der Waals surface area contributed by atoms with E-state index in [1.807, 2.05) is 23.3 Å². The average molecular weight is 237 g/mol. The van der Waals surface area contributed by atoms with Crippen molar-refractivity contribution in [2.24, 2.45) is 0 Å². The van der Waals surface area contributed by atoms with Crippen molar-refractivity contribution in [3.05, 3.63) is 21.9 Å². The van der Waals surface area contributed by atoms with Crippen molar-refractivity contribution in [2.75, 3.05) is 24.2 Å². The molecule has 0 aliphatic carbocycles. The van der Waals surface area contributed by atoms with E-state index >= 15 is 0 Å². The second-order valence-corrected chi connectivity index (χ2v) is 5.08. The van der Waals surface area contributed by atoms with Crippen LogP contribution in [0.2, 0.25) is 0 Å². The van der Waals surface area contributed by atoms with Crippen LogP contribution in [0.25, 0.3) is 0 Å². The highest BCUT2D eigenvalue weighted by Gasteiger charge is 2.07. The number of aromatic amines is 1. The van der Waals surface area contributed by atoms with E-state index in [0.29, 0.717) is 11.9 Å². The van der Waals surface area contributed by atoms with Gasteiger partial charge in [0.2, 0.25) is 11.9 Å². The molecule has 0 fully saturated rings. The van der Waals surface area contributed by atoms with Crippen molar-refractivity contribution in [1.82, 2.24) is 15.2 Å². The van der Waals surface area contributed by atoms with Gasteiger partial charge in [-0.05, 0) is 25.5 Å². The summed E-state index contributed by atoms with van der Waals surface area (Å²) < 4.78 is 0. The standard InChI is InChI=1S/C10H15N5S/c1-7-3-4-8(16-7)5-6-15(2)10-12-9(11)13-14-10/h3-4H,5-6H2,1-2H3,(H3,11,12,13,14). The Morgan fingerprint density at radius 2 is 2.31 bits per heavy atom. The minimum atomic E-state index is 0.355. The molecule has 3 N–H and O–H groups in total. The van der Waals surface area contributed by atoms with Crippen LogP contribution in [0.4, 0.5) is 11.9 Å². The van der Waals surface area contributed by atoms with E-state index in [4.69, 9.17) is 5.73 Å². The van der Waals surface area contributed by atoms with Gasteiger partial charge in [-0.25, -0.2) is 5.10 Å². The maximum Gasteiger partial charge on any atom is 0.246 e. The lowest BCUT2D eigenvalue weighted by Gasteiger charge is -2.13. The maximum absolute atomic E-state index is 5.47. The Morgan fingerprint density at radius 1 is 1.50 bits per heavy atom. The van der Waals surface area contributed by atoms with Crippen molar-refractivity contribution in [3.63, 3.8) is 0 Å². The van der Waals surface area contributed by atoms with Crippen LogP contribution in [0.3, 0.4) is 0 Å². The lowest BCUT2D eigenvalue weighted by atomic mass is 10.3. The number of hydrogen-bond donors (Lipinski definition) is 2. The van der Waals surface area contributed by atoms with E-state index in [0.717, 1.165) is 13.0 Å². The van der Waals surface area contributed by atoms with E-state index in [-0.39, 0.29) is 0 Å². The van der Waals surface area contributed by atoms with Gasteiger partial charge in [-0.15, -0.1) is 16.4 Å². The fraction of sp³-hybridized carbons (Fsp3) is 0.400. The van der Waals surface area contributed by atoms with Gasteiger partial charge in [0, 0.05) is 23.3 Å². The second kappa shape index (κ2) is 4.52. The van der Waals surface area contributed by atoms with Gasteiger partial charge in [0.25, 0.3) is 0 Å². The predicted octanol–water partition coefficient (Wildman–Crippen LogP) is 1.44. The number of anilines is 2. The summed E-state index contributed by atoms with van der Waals surface area (Å²) in [4.78, 5) is 8.79. The van der Waals surface area contributed by atoms with Crippen LogP contribution in [0.5, 0.6) is 0 Å². The van der Waals surface area contributed by atoms with Crippen LogP contribution < -0.4 is 10.6 Å². The molecule has 0 unspecified atom stereocenters. The summed E-state index contributed by atoms with van der Waals surface area (Å²) >= 11 is 1.83. The van der Waals surface area contributed by atoms with Crippen molar-refractivity contribution in [2.45, 2.75) is 13.3 Å². The first-order valence-electron chi connectivity index (χ1n) is 5.09. The topological polar surface area (TPSA) is 70.8 Å². The van der Waals surface area contributed by atoms with Gasteiger partial charge < -0.3 is 10.6 Å². The predicted molar refractivity (Wildman–Crippen MR) is 66.8 cm³/mol. The van der Waals surface area contributed by atoms with Gasteiger partial charge in [0.05, 0.1) is 0 Å². The van der Waals surface area contributed by atoms with E-state index in [1.165, 1.54) is 9.75 Å². The third-order valence-electron chi connectivity index (χ3n) is 2.32. The molecule has 0 bridgehead atoms. The molecule has 0 aliphatic rings. The molecule has 0 saturated carbocycles. The summed E-state index contributed by atoms with van der Waals surface area (Å²) in [6.45, 7) is 3.01. The van der Waals surface area contributed by atoms with Gasteiger partial charge in [0.15, 0.2) is 0 Å². The largest absolute Gasteiger partial charge is 0.368 e. The normalized spacial score (nSPS) is 10.6. The van der Waals surface area contributed by atoms with Gasteiger partial charge in [0.1, 0.15) is 0 Å². The van der Waals surface area contributed by atoms with Crippen molar-refractivity contribution in [1.29, 1.82) is 0 Å². The second-order valence-electron chi connectivity index (χ2n) is 3.70. The van der Waals surface area contributed by atoms with Crippen molar-refractivity contribution in [3.8, 4) is 0 Å². The SMILES string of the molecule is Cc1ccc(CCN(C)c2n[nH]c(N)n2)s1. The number of hydrogen-bond acceptors (Lipinski definition) is 5. The number of thiophene rings is 1. The highest BCUT2D eigenvalue weighted by Crippen LogP contribution is 2.16. The molecule has 0 spiro atoms. The molecule has 86 valence electrons. The number of nitrogens with one attached hydrogen (secondary N) is 1. The number of rotatable bonds is 4. The molecule has 2 aromatic rings. The Kier molecular flexibility index (Phi) is 3.09. The smallest absolute Gasteiger partial charge is 0.246 e. The fourth-order valence-electron chi connectivity index (χ4n) is 1.43. The first-order chi connectivity index (χ1) is 7.65. The molecule has 0 radical (unpaired) electrons. The molecular weight excluding hydrogens is 222 g/mol. The Labute approximate surface area is 98.3 Å². The molecule has 0 atom stereocenters. The third kappa shape index (κ3) is 2.52. The first kappa shape index (κ1) is 10.9. The van der Waals surface area contributed by atoms with Crippen LogP contribution in [0.15, 0.2) is 12.1 Å². The fourth-order valence-corrected chi connectivity index (χ4v) is 2.31.